The monoisotopic (exact) mass is 395 g/mol. The van der Waals surface area contributed by atoms with Gasteiger partial charge in [-0.1, -0.05) is 30.3 Å². The fourth-order valence-corrected chi connectivity index (χ4v) is 3.27. The van der Waals surface area contributed by atoms with Crippen molar-refractivity contribution in [2.45, 2.75) is 0 Å². The van der Waals surface area contributed by atoms with Crippen LogP contribution in [0.1, 0.15) is 16.1 Å². The fourth-order valence-electron chi connectivity index (χ4n) is 3.27. The molecule has 4 aromatic rings. The number of carbonyl (C=O) groups is 2. The molecular weight excluding hydrogens is 378 g/mol. The Labute approximate surface area is 173 Å². The Balaban J connectivity index is 1.78. The van der Waals surface area contributed by atoms with Gasteiger partial charge in [0, 0.05) is 23.0 Å². The van der Waals surface area contributed by atoms with Crippen molar-refractivity contribution < 1.29 is 14.3 Å². The van der Waals surface area contributed by atoms with Crippen molar-refractivity contribution in [3.8, 4) is 22.9 Å². The van der Waals surface area contributed by atoms with E-state index in [2.05, 4.69) is 11.4 Å². The van der Waals surface area contributed by atoms with Crippen LogP contribution in [0.5, 0.6) is 5.75 Å². The second kappa shape index (κ2) is 7.94. The molecule has 0 atom stereocenters. The van der Waals surface area contributed by atoms with Crippen molar-refractivity contribution >= 4 is 22.9 Å². The van der Waals surface area contributed by atoms with Crippen molar-refractivity contribution in [2.24, 2.45) is 0 Å². The van der Waals surface area contributed by atoms with E-state index in [1.165, 1.54) is 0 Å². The lowest BCUT2D eigenvalue weighted by molar-refractivity contribution is -0.112. The van der Waals surface area contributed by atoms with Crippen LogP contribution in [0.4, 0.5) is 5.69 Å². The molecule has 0 radical (unpaired) electrons. The highest BCUT2D eigenvalue weighted by molar-refractivity contribution is 6.47. The lowest BCUT2D eigenvalue weighted by Gasteiger charge is -2.08. The summed E-state index contributed by atoms with van der Waals surface area (Å²) in [5, 5.41) is 11.9. The van der Waals surface area contributed by atoms with Crippen molar-refractivity contribution in [3.63, 3.8) is 0 Å². The second-order valence-corrected chi connectivity index (χ2v) is 6.61. The van der Waals surface area contributed by atoms with Gasteiger partial charge in [-0.2, -0.15) is 5.26 Å². The molecule has 0 aliphatic rings. The van der Waals surface area contributed by atoms with E-state index in [1.807, 2.05) is 36.4 Å². The molecule has 2 heterocycles. The van der Waals surface area contributed by atoms with E-state index < -0.39 is 11.7 Å². The number of nitrogens with zero attached hydrogens (tertiary/aromatic N) is 2. The fraction of sp³-hybridized carbons (Fsp3) is 0.0417. The zero-order valence-corrected chi connectivity index (χ0v) is 16.1. The lowest BCUT2D eigenvalue weighted by Crippen LogP contribution is -2.24. The van der Waals surface area contributed by atoms with Gasteiger partial charge in [-0.3, -0.25) is 9.59 Å². The number of ether oxygens (including phenoxy) is 1. The van der Waals surface area contributed by atoms with E-state index in [0.717, 1.165) is 5.56 Å². The van der Waals surface area contributed by atoms with Crippen molar-refractivity contribution in [3.05, 3.63) is 90.3 Å². The number of nitrogens with one attached hydrogen (secondary N) is 1. The molecule has 0 saturated carbocycles. The van der Waals surface area contributed by atoms with Crippen LogP contribution in [0, 0.1) is 11.3 Å². The first kappa shape index (κ1) is 19.0. The quantitative estimate of drug-likeness (QED) is 0.403. The number of hydrogen-bond acceptors (Lipinski definition) is 4. The van der Waals surface area contributed by atoms with Gasteiger partial charge in [0.25, 0.3) is 11.7 Å². The number of anilines is 1. The van der Waals surface area contributed by atoms with Gasteiger partial charge in [0.15, 0.2) is 0 Å². The predicted octanol–water partition coefficient (Wildman–Crippen LogP) is 4.31. The number of fused-ring (bicyclic) bond motifs is 1. The maximum Gasteiger partial charge on any atom is 0.298 e. The van der Waals surface area contributed by atoms with Gasteiger partial charge in [0.1, 0.15) is 17.5 Å². The number of hydrogen-bond donors (Lipinski definition) is 1. The zero-order valence-electron chi connectivity index (χ0n) is 16.1. The molecule has 6 heteroatoms. The highest BCUT2D eigenvalue weighted by Crippen LogP contribution is 2.29. The van der Waals surface area contributed by atoms with Crippen molar-refractivity contribution in [1.29, 1.82) is 5.26 Å². The molecule has 30 heavy (non-hydrogen) atoms. The normalized spacial score (nSPS) is 10.4. The third-order valence-electron chi connectivity index (χ3n) is 4.75. The summed E-state index contributed by atoms with van der Waals surface area (Å²) in [7, 11) is 1.55. The first-order valence-corrected chi connectivity index (χ1v) is 9.21. The SMILES string of the molecule is COc1ccc(NC(=O)C(=O)c2c(-c3ccccc3)cc3ccc(C#N)cn23)cc1. The predicted molar refractivity (Wildman–Crippen MR) is 114 cm³/mol. The van der Waals surface area contributed by atoms with Crippen LogP contribution in [0.25, 0.3) is 16.6 Å². The van der Waals surface area contributed by atoms with Crippen molar-refractivity contribution in [1.82, 2.24) is 4.40 Å². The third kappa shape index (κ3) is 3.52. The Morgan fingerprint density at radius 2 is 1.73 bits per heavy atom. The summed E-state index contributed by atoms with van der Waals surface area (Å²) >= 11 is 0. The standard InChI is InChI=1S/C24H17N3O3/c1-30-20-11-8-18(9-12-20)26-24(29)23(28)22-21(17-5-3-2-4-6-17)13-19-10-7-16(14-25)15-27(19)22/h2-13,15H,1H3,(H,26,29). The molecule has 2 aromatic carbocycles. The molecule has 146 valence electrons. The minimum atomic E-state index is -0.764. The summed E-state index contributed by atoms with van der Waals surface area (Å²) in [6, 6.07) is 23.4. The molecule has 4 rings (SSSR count). The molecule has 0 spiro atoms. The smallest absolute Gasteiger partial charge is 0.298 e. The Morgan fingerprint density at radius 1 is 1.00 bits per heavy atom. The average Bonchev–Trinajstić information content (AvgIpc) is 3.18. The highest BCUT2D eigenvalue weighted by Gasteiger charge is 2.25. The Kier molecular flexibility index (Phi) is 5.02. The van der Waals surface area contributed by atoms with E-state index in [-0.39, 0.29) is 5.69 Å². The highest BCUT2D eigenvalue weighted by atomic mass is 16.5. The maximum absolute atomic E-state index is 13.2. The number of nitriles is 1. The Hall–Kier alpha value is -4.37. The van der Waals surface area contributed by atoms with Gasteiger partial charge in [0.05, 0.1) is 12.7 Å². The molecule has 0 saturated heterocycles. The van der Waals surface area contributed by atoms with Gasteiger partial charge in [-0.25, -0.2) is 0 Å². The molecule has 0 aliphatic heterocycles. The maximum atomic E-state index is 13.2. The minimum absolute atomic E-state index is 0.208. The number of methoxy groups -OCH3 is 1. The number of carbonyl (C=O) groups excluding carboxylic acids is 2. The number of ketones is 1. The molecule has 0 aliphatic carbocycles. The Morgan fingerprint density at radius 3 is 2.40 bits per heavy atom. The van der Waals surface area contributed by atoms with Crippen LogP contribution in [-0.2, 0) is 4.79 Å². The minimum Gasteiger partial charge on any atom is -0.497 e. The van der Waals surface area contributed by atoms with Crippen molar-refractivity contribution in [2.75, 3.05) is 12.4 Å². The van der Waals surface area contributed by atoms with Gasteiger partial charge >= 0.3 is 0 Å². The zero-order chi connectivity index (χ0) is 21.1. The van der Waals surface area contributed by atoms with E-state index in [1.54, 1.807) is 54.1 Å². The summed E-state index contributed by atoms with van der Waals surface area (Å²) in [6.07, 6.45) is 1.57. The summed E-state index contributed by atoms with van der Waals surface area (Å²) in [5.74, 6) is -0.813. The summed E-state index contributed by atoms with van der Waals surface area (Å²) < 4.78 is 6.70. The van der Waals surface area contributed by atoms with Crippen LogP contribution >= 0.6 is 0 Å². The largest absolute Gasteiger partial charge is 0.497 e. The number of benzene rings is 2. The van der Waals surface area contributed by atoms with Crippen LogP contribution in [0.3, 0.4) is 0 Å². The molecule has 0 bridgehead atoms. The second-order valence-electron chi connectivity index (χ2n) is 6.61. The summed E-state index contributed by atoms with van der Waals surface area (Å²) in [4.78, 5) is 26.0. The number of aromatic nitrogens is 1. The van der Waals surface area contributed by atoms with Crippen LogP contribution in [0.2, 0.25) is 0 Å². The number of pyridine rings is 1. The van der Waals surface area contributed by atoms with E-state index in [4.69, 9.17) is 4.74 Å². The first-order chi connectivity index (χ1) is 14.6. The van der Waals surface area contributed by atoms with Crippen LogP contribution in [0.15, 0.2) is 79.0 Å². The number of rotatable bonds is 5. The van der Waals surface area contributed by atoms with Gasteiger partial charge in [0.2, 0.25) is 0 Å². The summed E-state index contributed by atoms with van der Waals surface area (Å²) in [5.41, 5.74) is 3.23. The first-order valence-electron chi connectivity index (χ1n) is 9.21. The van der Waals surface area contributed by atoms with E-state index in [0.29, 0.717) is 28.1 Å². The molecule has 2 aromatic heterocycles. The van der Waals surface area contributed by atoms with E-state index in [9.17, 15) is 14.9 Å². The number of Topliss-reactive ketones (excluding diaryl/α,β-unsaturated/α-hetero) is 1. The van der Waals surface area contributed by atoms with Crippen LogP contribution in [-0.4, -0.2) is 23.2 Å². The lowest BCUT2D eigenvalue weighted by atomic mass is 10.0. The van der Waals surface area contributed by atoms with Crippen LogP contribution < -0.4 is 10.1 Å². The summed E-state index contributed by atoms with van der Waals surface area (Å²) in [6.45, 7) is 0. The van der Waals surface area contributed by atoms with Gasteiger partial charge < -0.3 is 14.5 Å². The molecule has 0 unspecified atom stereocenters. The topological polar surface area (TPSA) is 83.6 Å². The molecule has 1 N–H and O–H groups in total. The molecule has 6 nitrogen and oxygen atoms in total. The molecule has 0 fully saturated rings. The van der Waals surface area contributed by atoms with E-state index >= 15 is 0 Å². The van der Waals surface area contributed by atoms with Gasteiger partial charge in [-0.05, 0) is 48.0 Å². The molecular formula is C24H17N3O3. The Bertz CT molecular complexity index is 1280. The average molecular weight is 395 g/mol. The number of amides is 1. The third-order valence-corrected chi connectivity index (χ3v) is 4.75. The molecule has 1 amide bonds. The van der Waals surface area contributed by atoms with Gasteiger partial charge in [-0.15, -0.1) is 0 Å².